The maximum absolute atomic E-state index is 10.7. The highest BCUT2D eigenvalue weighted by molar-refractivity contribution is 5.43. The Morgan fingerprint density at radius 3 is 2.82 bits per heavy atom. The Labute approximate surface area is 169 Å². The van der Waals surface area contributed by atoms with Crippen LogP contribution in [0.2, 0.25) is 0 Å². The van der Waals surface area contributed by atoms with E-state index in [2.05, 4.69) is 19.6 Å². The zero-order chi connectivity index (χ0) is 20.1. The molecule has 156 valence electrons. The first-order valence-corrected chi connectivity index (χ1v) is 11.0. The predicted molar refractivity (Wildman–Crippen MR) is 112 cm³/mol. The van der Waals surface area contributed by atoms with Crippen molar-refractivity contribution in [1.82, 2.24) is 0 Å². The van der Waals surface area contributed by atoms with Crippen LogP contribution in [0.3, 0.4) is 0 Å². The summed E-state index contributed by atoms with van der Waals surface area (Å²) in [6.07, 6.45) is 8.24. The van der Waals surface area contributed by atoms with Crippen LogP contribution >= 0.6 is 0 Å². The van der Waals surface area contributed by atoms with Gasteiger partial charge in [0.05, 0.1) is 12.2 Å². The van der Waals surface area contributed by atoms with Gasteiger partial charge in [-0.2, -0.15) is 0 Å². The average Bonchev–Trinajstić information content (AvgIpc) is 2.97. The van der Waals surface area contributed by atoms with Gasteiger partial charge in [-0.1, -0.05) is 44.9 Å². The summed E-state index contributed by atoms with van der Waals surface area (Å²) in [4.78, 5) is 0. The van der Waals surface area contributed by atoms with Gasteiger partial charge in [0.2, 0.25) is 0 Å². The lowest BCUT2D eigenvalue weighted by atomic mass is 9.73. The van der Waals surface area contributed by atoms with Gasteiger partial charge in [0.1, 0.15) is 18.1 Å². The molecule has 1 aromatic rings. The largest absolute Gasteiger partial charge is 0.509 e. The molecule has 2 aliphatic rings. The summed E-state index contributed by atoms with van der Waals surface area (Å²) in [6.45, 7) is 5.79. The summed E-state index contributed by atoms with van der Waals surface area (Å²) in [5.74, 6) is 2.08. The minimum atomic E-state index is -0.270. The zero-order valence-electron chi connectivity index (χ0n) is 17.1. The van der Waals surface area contributed by atoms with E-state index >= 15 is 0 Å². The topological polar surface area (TPSA) is 69.9 Å². The van der Waals surface area contributed by atoms with E-state index in [0.29, 0.717) is 11.8 Å². The Morgan fingerprint density at radius 2 is 2.07 bits per heavy atom. The summed E-state index contributed by atoms with van der Waals surface area (Å²) < 4.78 is 5.75. The normalized spacial score (nSPS) is 27.1. The van der Waals surface area contributed by atoms with Gasteiger partial charge in [-0.15, -0.1) is 0 Å². The smallest absolute Gasteiger partial charge is 0.144 e. The van der Waals surface area contributed by atoms with Crippen molar-refractivity contribution in [2.24, 2.45) is 17.8 Å². The fraction of sp³-hybridized carbons (Fsp3) is 0.667. The van der Waals surface area contributed by atoms with Crippen molar-refractivity contribution in [2.75, 3.05) is 6.61 Å². The van der Waals surface area contributed by atoms with E-state index in [9.17, 15) is 15.3 Å². The molecule has 3 rings (SSSR count). The molecule has 0 bridgehead atoms. The van der Waals surface area contributed by atoms with Crippen LogP contribution in [-0.4, -0.2) is 34.1 Å². The molecule has 1 saturated carbocycles. The Hall–Kier alpha value is -1.52. The highest BCUT2D eigenvalue weighted by Gasteiger charge is 2.44. The minimum Gasteiger partial charge on any atom is -0.509 e. The lowest BCUT2D eigenvalue weighted by Gasteiger charge is -2.32. The molecular weight excluding hydrogens is 352 g/mol. The SMILES string of the molecule is C=C(O)COc1cccc2c1CC1C[C@@H](O)[C@H](CC[C@@H](O)CCCCC)[C@H]1C2. The van der Waals surface area contributed by atoms with Gasteiger partial charge in [0.25, 0.3) is 0 Å². The van der Waals surface area contributed by atoms with E-state index in [-0.39, 0.29) is 30.5 Å². The van der Waals surface area contributed by atoms with E-state index in [1.54, 1.807) is 0 Å². The second-order valence-electron chi connectivity index (χ2n) is 8.77. The van der Waals surface area contributed by atoms with Gasteiger partial charge in [-0.25, -0.2) is 0 Å². The summed E-state index contributed by atoms with van der Waals surface area (Å²) in [5, 5.41) is 30.3. The lowest BCUT2D eigenvalue weighted by Crippen LogP contribution is -2.28. The third-order valence-corrected chi connectivity index (χ3v) is 6.71. The molecule has 4 nitrogen and oxygen atoms in total. The monoisotopic (exact) mass is 388 g/mol. The third-order valence-electron chi connectivity index (χ3n) is 6.71. The first-order chi connectivity index (χ1) is 13.5. The number of unbranched alkanes of at least 4 members (excludes halogenated alkanes) is 2. The molecule has 0 heterocycles. The van der Waals surface area contributed by atoms with Crippen LogP contribution in [0.5, 0.6) is 5.75 Å². The molecule has 3 N–H and O–H groups in total. The fourth-order valence-electron chi connectivity index (χ4n) is 5.26. The van der Waals surface area contributed by atoms with E-state index in [4.69, 9.17) is 4.74 Å². The van der Waals surface area contributed by atoms with Gasteiger partial charge in [-0.3, -0.25) is 0 Å². The van der Waals surface area contributed by atoms with Gasteiger partial charge in [-0.05, 0) is 73.5 Å². The number of aliphatic hydroxyl groups is 3. The maximum atomic E-state index is 10.7. The number of ether oxygens (including phenoxy) is 1. The summed E-state index contributed by atoms with van der Waals surface area (Å²) in [6, 6.07) is 6.12. The van der Waals surface area contributed by atoms with E-state index in [1.807, 2.05) is 12.1 Å². The molecule has 0 radical (unpaired) electrons. The van der Waals surface area contributed by atoms with Crippen molar-refractivity contribution in [2.45, 2.75) is 76.9 Å². The van der Waals surface area contributed by atoms with Crippen LogP contribution in [-0.2, 0) is 12.8 Å². The average molecular weight is 389 g/mol. The standard InChI is InChI=1S/C24H36O4/c1-3-4-5-8-19(26)10-11-20-21-12-17-7-6-9-24(28-15-16(2)25)22(17)13-18(21)14-23(20)27/h6-7,9,18-21,23,25-27H,2-5,8,10-15H2,1H3/t18?,19-,20+,21-,23+/m0/s1. The second kappa shape index (κ2) is 9.80. The van der Waals surface area contributed by atoms with Crippen LogP contribution in [0.4, 0.5) is 0 Å². The molecular formula is C24H36O4. The first kappa shape index (κ1) is 21.2. The molecule has 1 unspecified atom stereocenters. The molecule has 0 aromatic heterocycles. The molecule has 0 aliphatic heterocycles. The number of hydrogen-bond acceptors (Lipinski definition) is 4. The van der Waals surface area contributed by atoms with Crippen LogP contribution in [0.25, 0.3) is 0 Å². The number of hydrogen-bond donors (Lipinski definition) is 3. The predicted octanol–water partition coefficient (Wildman–Crippen LogP) is 4.57. The van der Waals surface area contributed by atoms with E-state index in [0.717, 1.165) is 50.7 Å². The van der Waals surface area contributed by atoms with Crippen molar-refractivity contribution in [1.29, 1.82) is 0 Å². The van der Waals surface area contributed by atoms with Gasteiger partial charge in [0.15, 0.2) is 0 Å². The Morgan fingerprint density at radius 1 is 1.25 bits per heavy atom. The van der Waals surface area contributed by atoms with Crippen molar-refractivity contribution >= 4 is 0 Å². The quantitative estimate of drug-likeness (QED) is 0.406. The molecule has 0 amide bonds. The molecule has 0 saturated heterocycles. The Bertz CT molecular complexity index is 656. The van der Waals surface area contributed by atoms with Crippen LogP contribution in [0.1, 0.15) is 63.0 Å². The van der Waals surface area contributed by atoms with Crippen LogP contribution in [0, 0.1) is 17.8 Å². The number of fused-ring (bicyclic) bond motifs is 2. The molecule has 1 aromatic carbocycles. The summed E-state index contributed by atoms with van der Waals surface area (Å²) in [5.41, 5.74) is 2.52. The highest BCUT2D eigenvalue weighted by Crippen LogP contribution is 2.48. The van der Waals surface area contributed by atoms with Crippen molar-refractivity contribution in [3.8, 4) is 5.75 Å². The van der Waals surface area contributed by atoms with Crippen molar-refractivity contribution in [3.63, 3.8) is 0 Å². The maximum Gasteiger partial charge on any atom is 0.144 e. The third kappa shape index (κ3) is 5.09. The van der Waals surface area contributed by atoms with Gasteiger partial charge >= 0.3 is 0 Å². The summed E-state index contributed by atoms with van der Waals surface area (Å²) >= 11 is 0. The number of aliphatic hydroxyl groups excluding tert-OH is 3. The molecule has 5 atom stereocenters. The minimum absolute atomic E-state index is 0.0279. The molecule has 1 fully saturated rings. The first-order valence-electron chi connectivity index (χ1n) is 11.0. The lowest BCUT2D eigenvalue weighted by molar-refractivity contribution is 0.0869. The second-order valence-corrected chi connectivity index (χ2v) is 8.77. The van der Waals surface area contributed by atoms with E-state index in [1.165, 1.54) is 24.0 Å². The number of rotatable bonds is 10. The molecule has 4 heteroatoms. The molecule has 28 heavy (non-hydrogen) atoms. The number of benzene rings is 1. The zero-order valence-corrected chi connectivity index (χ0v) is 17.1. The van der Waals surface area contributed by atoms with Crippen molar-refractivity contribution < 1.29 is 20.1 Å². The molecule has 2 aliphatic carbocycles. The Balaban J connectivity index is 1.62. The highest BCUT2D eigenvalue weighted by atomic mass is 16.5. The van der Waals surface area contributed by atoms with Crippen LogP contribution in [0.15, 0.2) is 30.5 Å². The fourth-order valence-corrected chi connectivity index (χ4v) is 5.26. The summed E-state index contributed by atoms with van der Waals surface area (Å²) in [7, 11) is 0. The van der Waals surface area contributed by atoms with Crippen molar-refractivity contribution in [3.05, 3.63) is 41.7 Å². The Kier molecular flexibility index (Phi) is 7.42. The van der Waals surface area contributed by atoms with Gasteiger partial charge in [0, 0.05) is 0 Å². The van der Waals surface area contributed by atoms with Crippen LogP contribution < -0.4 is 4.74 Å². The van der Waals surface area contributed by atoms with Gasteiger partial charge < -0.3 is 20.1 Å². The molecule has 0 spiro atoms. The van der Waals surface area contributed by atoms with E-state index < -0.39 is 0 Å².